The van der Waals surface area contributed by atoms with Gasteiger partial charge in [-0.25, -0.2) is 0 Å². The highest BCUT2D eigenvalue weighted by molar-refractivity contribution is 6.26. The largest absolute Gasteiger partial charge is 0.309 e. The molecule has 0 spiro atoms. The Morgan fingerprint density at radius 2 is 1.02 bits per heavy atom. The minimum absolute atomic E-state index is 0.599. The predicted molar refractivity (Wildman–Crippen MR) is 212 cm³/mol. The number of nitrogens with zero attached hydrogens (tertiary/aromatic N) is 2. The fraction of sp³-hybridized carbons (Fsp3) is 0.0208. The van der Waals surface area contributed by atoms with Crippen molar-refractivity contribution in [3.8, 4) is 16.8 Å². The third-order valence-corrected chi connectivity index (χ3v) is 10.3. The van der Waals surface area contributed by atoms with Crippen LogP contribution in [0.4, 0.5) is 0 Å². The van der Waals surface area contributed by atoms with Gasteiger partial charge in [0.1, 0.15) is 0 Å². The van der Waals surface area contributed by atoms with E-state index in [1.54, 1.807) is 0 Å². The molecule has 1 heterocycles. The highest BCUT2D eigenvalue weighted by Gasteiger charge is 2.17. The molecule has 2 heteroatoms. The Hall–Kier alpha value is -6.51. The van der Waals surface area contributed by atoms with Crippen LogP contribution in [-0.4, -0.2) is 10.3 Å². The zero-order valence-electron chi connectivity index (χ0n) is 27.4. The van der Waals surface area contributed by atoms with Crippen molar-refractivity contribution in [1.29, 1.82) is 0 Å². The Morgan fingerprint density at radius 1 is 0.440 bits per heavy atom. The molecule has 234 valence electrons. The standard InChI is InChI=1S/C48H32N2/c1-4-12-34(13-5-1)48(35-14-6-2-7-15-35)49-31-37-21-20-32-24-28-42-39(26-22-33-23-27-40(37)46(32)47(33)42)36-25-29-45-43(30-36)41-18-10-11-19-44(41)50(45)38-16-8-3-9-17-38/h1-30H,31H2. The van der Waals surface area contributed by atoms with Crippen LogP contribution < -0.4 is 0 Å². The number of fused-ring (bicyclic) bond motifs is 3. The summed E-state index contributed by atoms with van der Waals surface area (Å²) in [5, 5.41) is 10.2. The SMILES string of the molecule is c1ccc(C(=NCc2ccc3ccc4c(-c5ccc6c(c5)c5ccccc5n6-c5ccccc5)ccc5ccc2c3c54)c2ccccc2)cc1. The Morgan fingerprint density at radius 3 is 1.76 bits per heavy atom. The van der Waals surface area contributed by atoms with Gasteiger partial charge in [0, 0.05) is 27.6 Å². The molecule has 0 unspecified atom stereocenters. The summed E-state index contributed by atoms with van der Waals surface area (Å²) in [6.45, 7) is 0.599. The maximum atomic E-state index is 5.27. The summed E-state index contributed by atoms with van der Waals surface area (Å²) in [7, 11) is 0. The van der Waals surface area contributed by atoms with Gasteiger partial charge in [0.2, 0.25) is 0 Å². The molecule has 0 saturated heterocycles. The quantitative estimate of drug-likeness (QED) is 0.128. The van der Waals surface area contributed by atoms with Crippen molar-refractivity contribution < 1.29 is 0 Å². The van der Waals surface area contributed by atoms with Gasteiger partial charge >= 0.3 is 0 Å². The van der Waals surface area contributed by atoms with Crippen LogP contribution in [0.2, 0.25) is 0 Å². The molecule has 1 aromatic heterocycles. The summed E-state index contributed by atoms with van der Waals surface area (Å²) < 4.78 is 2.38. The van der Waals surface area contributed by atoms with E-state index in [0.29, 0.717) is 6.54 Å². The molecular weight excluding hydrogens is 605 g/mol. The zero-order valence-corrected chi connectivity index (χ0v) is 27.4. The lowest BCUT2D eigenvalue weighted by atomic mass is 9.88. The monoisotopic (exact) mass is 636 g/mol. The molecule has 0 bridgehead atoms. The van der Waals surface area contributed by atoms with Crippen molar-refractivity contribution in [3.63, 3.8) is 0 Å². The molecule has 10 rings (SSSR count). The van der Waals surface area contributed by atoms with E-state index in [-0.39, 0.29) is 0 Å². The van der Waals surface area contributed by atoms with E-state index in [1.165, 1.54) is 76.5 Å². The van der Waals surface area contributed by atoms with Crippen LogP contribution in [0.5, 0.6) is 0 Å². The number of rotatable bonds is 6. The van der Waals surface area contributed by atoms with Crippen molar-refractivity contribution in [1.82, 2.24) is 4.57 Å². The fourth-order valence-corrected chi connectivity index (χ4v) is 7.95. The van der Waals surface area contributed by atoms with Crippen molar-refractivity contribution >= 4 is 59.8 Å². The first kappa shape index (κ1) is 28.5. The molecule has 0 aliphatic rings. The van der Waals surface area contributed by atoms with Gasteiger partial charge in [0.25, 0.3) is 0 Å². The Bertz CT molecular complexity index is 2820. The molecule has 0 aliphatic heterocycles. The van der Waals surface area contributed by atoms with Crippen LogP contribution in [0, 0.1) is 0 Å². The highest BCUT2D eigenvalue weighted by atomic mass is 15.0. The molecule has 9 aromatic carbocycles. The van der Waals surface area contributed by atoms with Crippen LogP contribution in [0.1, 0.15) is 16.7 Å². The Kier molecular flexibility index (Phi) is 6.60. The number of aromatic nitrogens is 1. The smallest absolute Gasteiger partial charge is 0.0723 e. The van der Waals surface area contributed by atoms with Crippen LogP contribution in [0.3, 0.4) is 0 Å². The number of benzene rings is 9. The molecule has 0 atom stereocenters. The Balaban J connectivity index is 1.13. The average molecular weight is 637 g/mol. The summed E-state index contributed by atoms with van der Waals surface area (Å²) >= 11 is 0. The van der Waals surface area contributed by atoms with Crippen molar-refractivity contribution in [2.45, 2.75) is 6.54 Å². The van der Waals surface area contributed by atoms with Crippen LogP contribution >= 0.6 is 0 Å². The summed E-state index contributed by atoms with van der Waals surface area (Å²) in [5.41, 5.74) is 10.6. The summed E-state index contributed by atoms with van der Waals surface area (Å²) in [5.74, 6) is 0. The fourth-order valence-electron chi connectivity index (χ4n) is 7.95. The van der Waals surface area contributed by atoms with Gasteiger partial charge in [0.05, 0.1) is 23.3 Å². The van der Waals surface area contributed by atoms with Crippen LogP contribution in [-0.2, 0) is 6.54 Å². The molecule has 10 aromatic rings. The second-order valence-electron chi connectivity index (χ2n) is 13.1. The lowest BCUT2D eigenvalue weighted by molar-refractivity contribution is 1.08. The topological polar surface area (TPSA) is 17.3 Å². The zero-order chi connectivity index (χ0) is 33.0. The molecule has 0 saturated carbocycles. The van der Waals surface area contributed by atoms with E-state index in [4.69, 9.17) is 4.99 Å². The van der Waals surface area contributed by atoms with Gasteiger partial charge in [-0.05, 0) is 79.3 Å². The minimum Gasteiger partial charge on any atom is -0.309 e. The molecule has 2 nitrogen and oxygen atoms in total. The first-order valence-corrected chi connectivity index (χ1v) is 17.3. The van der Waals surface area contributed by atoms with Gasteiger partial charge in [-0.2, -0.15) is 0 Å². The maximum Gasteiger partial charge on any atom is 0.0723 e. The van der Waals surface area contributed by atoms with Crippen LogP contribution in [0.25, 0.3) is 70.9 Å². The van der Waals surface area contributed by atoms with Gasteiger partial charge in [-0.15, -0.1) is 0 Å². The molecule has 50 heavy (non-hydrogen) atoms. The third kappa shape index (κ3) is 4.53. The average Bonchev–Trinajstić information content (AvgIpc) is 3.52. The van der Waals surface area contributed by atoms with E-state index in [9.17, 15) is 0 Å². The van der Waals surface area contributed by atoms with Gasteiger partial charge in [-0.1, -0.05) is 152 Å². The van der Waals surface area contributed by atoms with Crippen molar-refractivity contribution in [2.24, 2.45) is 4.99 Å². The van der Waals surface area contributed by atoms with E-state index in [2.05, 4.69) is 187 Å². The number of aliphatic imine (C=N–C) groups is 1. The Labute approximate surface area is 290 Å². The molecule has 0 fully saturated rings. The molecular formula is C48H32N2. The summed E-state index contributed by atoms with van der Waals surface area (Å²) in [6.07, 6.45) is 0. The van der Waals surface area contributed by atoms with E-state index in [0.717, 1.165) is 16.8 Å². The maximum absolute atomic E-state index is 5.27. The lowest BCUT2D eigenvalue weighted by Gasteiger charge is -2.16. The van der Waals surface area contributed by atoms with E-state index in [1.807, 2.05) is 0 Å². The van der Waals surface area contributed by atoms with E-state index < -0.39 is 0 Å². The molecule has 0 radical (unpaired) electrons. The predicted octanol–water partition coefficient (Wildman–Crippen LogP) is 12.4. The minimum atomic E-state index is 0.599. The number of hydrogen-bond acceptors (Lipinski definition) is 1. The third-order valence-electron chi connectivity index (χ3n) is 10.3. The molecule has 0 N–H and O–H groups in total. The van der Waals surface area contributed by atoms with Crippen LogP contribution in [0.15, 0.2) is 187 Å². The van der Waals surface area contributed by atoms with E-state index >= 15 is 0 Å². The van der Waals surface area contributed by atoms with Gasteiger partial charge in [0.15, 0.2) is 0 Å². The summed E-state index contributed by atoms with van der Waals surface area (Å²) in [6, 6.07) is 65.7. The normalized spacial score (nSPS) is 11.7. The summed E-state index contributed by atoms with van der Waals surface area (Å²) in [4.78, 5) is 5.27. The second kappa shape index (κ2) is 11.6. The van der Waals surface area contributed by atoms with Crippen molar-refractivity contribution in [2.75, 3.05) is 0 Å². The first-order chi connectivity index (χ1) is 24.8. The molecule has 0 aliphatic carbocycles. The van der Waals surface area contributed by atoms with Gasteiger partial charge < -0.3 is 4.57 Å². The lowest BCUT2D eigenvalue weighted by Crippen LogP contribution is -2.04. The second-order valence-corrected chi connectivity index (χ2v) is 13.1. The number of para-hydroxylation sites is 2. The van der Waals surface area contributed by atoms with Crippen molar-refractivity contribution in [3.05, 3.63) is 199 Å². The molecule has 0 amide bonds. The number of hydrogen-bond donors (Lipinski definition) is 0. The highest BCUT2D eigenvalue weighted by Crippen LogP contribution is 2.42. The van der Waals surface area contributed by atoms with Gasteiger partial charge in [-0.3, -0.25) is 4.99 Å². The first-order valence-electron chi connectivity index (χ1n) is 17.3.